The van der Waals surface area contributed by atoms with E-state index in [9.17, 15) is 9.18 Å². The Balaban J connectivity index is 2.46. The monoisotopic (exact) mass is 164 g/mol. The predicted octanol–water partition coefficient (Wildman–Crippen LogP) is 0.860. The molecule has 1 aliphatic heterocycles. The molecular weight excluding hydrogens is 155 g/mol. The Morgan fingerprint density at radius 1 is 1.70 bits per heavy atom. The van der Waals surface area contributed by atoms with Crippen LogP contribution in [0.4, 0.5) is 4.39 Å². The summed E-state index contributed by atoms with van der Waals surface area (Å²) in [6.45, 7) is 0. The molecule has 0 unspecified atom stereocenters. The quantitative estimate of drug-likeness (QED) is 0.538. The number of halogens is 1. The van der Waals surface area contributed by atoms with Crippen molar-refractivity contribution >= 4 is 17.7 Å². The molecule has 1 rings (SSSR count). The van der Waals surface area contributed by atoms with Crippen molar-refractivity contribution in [3.8, 4) is 0 Å². The van der Waals surface area contributed by atoms with Gasteiger partial charge in [0.1, 0.15) is 6.17 Å². The summed E-state index contributed by atoms with van der Waals surface area (Å²) < 4.78 is 17.1. The minimum absolute atomic E-state index is 0.419. The van der Waals surface area contributed by atoms with Crippen molar-refractivity contribution in [2.45, 2.75) is 6.17 Å². The number of hydrogen-bond acceptors (Lipinski definition) is 3. The number of carbonyl (C=O) groups is 1. The molecule has 0 aromatic heterocycles. The number of alkyl halides is 1. The number of esters is 1. The Kier molecular flexibility index (Phi) is 2.54. The largest absolute Gasteiger partial charge is 0.469 e. The highest BCUT2D eigenvalue weighted by Crippen LogP contribution is 2.27. The average Bonchev–Trinajstić information content (AvgIpc) is 2.34. The summed E-state index contributed by atoms with van der Waals surface area (Å²) in [7, 11) is 1.29. The summed E-state index contributed by atoms with van der Waals surface area (Å²) in [6, 6.07) is 0. The molecule has 0 saturated carbocycles. The van der Waals surface area contributed by atoms with Gasteiger partial charge in [0.05, 0.1) is 13.0 Å². The third-order valence-electron chi connectivity index (χ3n) is 1.52. The standard InChI is InChI=1S/C6H9FO2S/c1-9-6(8)4-2-10-3-5(4)7/h4-5H,2-3H2,1H3/t4-,5-/m1/s1. The summed E-state index contributed by atoms with van der Waals surface area (Å²) in [6.07, 6.45) is -1.00. The molecule has 0 aromatic rings. The molecule has 0 aliphatic carbocycles. The highest BCUT2D eigenvalue weighted by atomic mass is 32.2. The molecule has 1 aliphatic rings. The minimum Gasteiger partial charge on any atom is -0.469 e. The molecule has 1 fully saturated rings. The van der Waals surface area contributed by atoms with E-state index >= 15 is 0 Å². The molecule has 2 nitrogen and oxygen atoms in total. The van der Waals surface area contributed by atoms with Gasteiger partial charge in [-0.05, 0) is 0 Å². The highest BCUT2D eigenvalue weighted by Gasteiger charge is 2.34. The highest BCUT2D eigenvalue weighted by molar-refractivity contribution is 7.99. The van der Waals surface area contributed by atoms with E-state index in [1.165, 1.54) is 18.9 Å². The minimum atomic E-state index is -1.00. The van der Waals surface area contributed by atoms with Crippen LogP contribution in [0.5, 0.6) is 0 Å². The van der Waals surface area contributed by atoms with Gasteiger partial charge in [-0.25, -0.2) is 4.39 Å². The van der Waals surface area contributed by atoms with Crippen molar-refractivity contribution in [1.82, 2.24) is 0 Å². The molecule has 0 spiro atoms. The fourth-order valence-corrected chi connectivity index (χ4v) is 2.09. The third kappa shape index (κ3) is 1.42. The molecule has 0 aromatic carbocycles. The van der Waals surface area contributed by atoms with Crippen LogP contribution >= 0.6 is 11.8 Å². The van der Waals surface area contributed by atoms with Gasteiger partial charge in [0, 0.05) is 11.5 Å². The van der Waals surface area contributed by atoms with E-state index in [0.29, 0.717) is 11.5 Å². The Bertz CT molecular complexity index is 140. The fourth-order valence-electron chi connectivity index (χ4n) is 0.895. The summed E-state index contributed by atoms with van der Waals surface area (Å²) in [4.78, 5) is 10.7. The first-order valence-electron chi connectivity index (χ1n) is 3.05. The Hall–Kier alpha value is -0.250. The topological polar surface area (TPSA) is 26.3 Å². The van der Waals surface area contributed by atoms with E-state index < -0.39 is 18.1 Å². The molecule has 1 saturated heterocycles. The van der Waals surface area contributed by atoms with Gasteiger partial charge in [0.2, 0.25) is 0 Å². The van der Waals surface area contributed by atoms with Crippen molar-refractivity contribution in [2.75, 3.05) is 18.6 Å². The summed E-state index contributed by atoms with van der Waals surface area (Å²) in [5.74, 6) is 0.0562. The van der Waals surface area contributed by atoms with Crippen molar-refractivity contribution < 1.29 is 13.9 Å². The van der Waals surface area contributed by atoms with Gasteiger partial charge in [0.15, 0.2) is 0 Å². The first-order valence-corrected chi connectivity index (χ1v) is 4.21. The Morgan fingerprint density at radius 2 is 2.40 bits per heavy atom. The van der Waals surface area contributed by atoms with Crippen molar-refractivity contribution in [3.63, 3.8) is 0 Å². The number of rotatable bonds is 1. The Morgan fingerprint density at radius 3 is 2.80 bits per heavy atom. The maximum absolute atomic E-state index is 12.7. The van der Waals surface area contributed by atoms with Crippen LogP contribution in [-0.2, 0) is 9.53 Å². The van der Waals surface area contributed by atoms with E-state index in [4.69, 9.17) is 0 Å². The normalized spacial score (nSPS) is 32.2. The van der Waals surface area contributed by atoms with E-state index in [1.807, 2.05) is 0 Å². The smallest absolute Gasteiger partial charge is 0.312 e. The van der Waals surface area contributed by atoms with Gasteiger partial charge >= 0.3 is 5.97 Å². The lowest BCUT2D eigenvalue weighted by Gasteiger charge is -2.07. The van der Waals surface area contributed by atoms with Gasteiger partial charge in [-0.2, -0.15) is 11.8 Å². The van der Waals surface area contributed by atoms with Crippen LogP contribution in [0, 0.1) is 5.92 Å². The Labute approximate surface area is 63.1 Å². The van der Waals surface area contributed by atoms with Crippen LogP contribution in [0.15, 0.2) is 0 Å². The zero-order chi connectivity index (χ0) is 7.56. The number of carbonyl (C=O) groups excluding carboxylic acids is 1. The van der Waals surface area contributed by atoms with E-state index in [0.717, 1.165) is 0 Å². The molecule has 58 valence electrons. The van der Waals surface area contributed by atoms with Crippen LogP contribution in [0.1, 0.15) is 0 Å². The molecule has 4 heteroatoms. The number of thioether (sulfide) groups is 1. The van der Waals surface area contributed by atoms with Crippen LogP contribution in [0.25, 0.3) is 0 Å². The molecule has 0 N–H and O–H groups in total. The number of hydrogen-bond donors (Lipinski definition) is 0. The van der Waals surface area contributed by atoms with Crippen LogP contribution in [0.3, 0.4) is 0 Å². The van der Waals surface area contributed by atoms with Gasteiger partial charge in [-0.15, -0.1) is 0 Å². The molecule has 10 heavy (non-hydrogen) atoms. The maximum atomic E-state index is 12.7. The van der Waals surface area contributed by atoms with Gasteiger partial charge < -0.3 is 4.74 Å². The van der Waals surface area contributed by atoms with Crippen LogP contribution in [-0.4, -0.2) is 30.8 Å². The second kappa shape index (κ2) is 3.23. The lowest BCUT2D eigenvalue weighted by Crippen LogP contribution is -2.24. The van der Waals surface area contributed by atoms with Gasteiger partial charge in [-0.1, -0.05) is 0 Å². The number of ether oxygens (including phenoxy) is 1. The lowest BCUT2D eigenvalue weighted by atomic mass is 10.1. The average molecular weight is 164 g/mol. The lowest BCUT2D eigenvalue weighted by molar-refractivity contribution is -0.146. The molecule has 1 heterocycles. The van der Waals surface area contributed by atoms with E-state index in [2.05, 4.69) is 4.74 Å². The van der Waals surface area contributed by atoms with E-state index in [-0.39, 0.29) is 0 Å². The van der Waals surface area contributed by atoms with Crippen molar-refractivity contribution in [2.24, 2.45) is 5.92 Å². The predicted molar refractivity (Wildman–Crippen MR) is 37.7 cm³/mol. The first kappa shape index (κ1) is 7.85. The molecule has 0 amide bonds. The zero-order valence-electron chi connectivity index (χ0n) is 5.67. The second-order valence-electron chi connectivity index (χ2n) is 2.18. The molecule has 0 radical (unpaired) electrons. The van der Waals surface area contributed by atoms with Gasteiger partial charge in [-0.3, -0.25) is 4.79 Å². The molecule has 2 atom stereocenters. The molecular formula is C6H9FO2S. The SMILES string of the molecule is COC(=O)[C@@H]1CSC[C@H]1F. The summed E-state index contributed by atoms with van der Waals surface area (Å²) in [5, 5.41) is 0. The summed E-state index contributed by atoms with van der Waals surface area (Å²) >= 11 is 1.46. The first-order chi connectivity index (χ1) is 4.75. The van der Waals surface area contributed by atoms with Gasteiger partial charge in [0.25, 0.3) is 0 Å². The molecule has 0 bridgehead atoms. The summed E-state index contributed by atoms with van der Waals surface area (Å²) in [5.41, 5.74) is 0. The third-order valence-corrected chi connectivity index (χ3v) is 2.66. The number of methoxy groups -OCH3 is 1. The second-order valence-corrected chi connectivity index (χ2v) is 3.26. The fraction of sp³-hybridized carbons (Fsp3) is 0.833. The zero-order valence-corrected chi connectivity index (χ0v) is 6.49. The van der Waals surface area contributed by atoms with Crippen LogP contribution < -0.4 is 0 Å². The maximum Gasteiger partial charge on any atom is 0.312 e. The van der Waals surface area contributed by atoms with Crippen molar-refractivity contribution in [1.29, 1.82) is 0 Å². The van der Waals surface area contributed by atoms with E-state index in [1.54, 1.807) is 0 Å². The van der Waals surface area contributed by atoms with Crippen molar-refractivity contribution in [3.05, 3.63) is 0 Å². The van der Waals surface area contributed by atoms with Crippen LogP contribution in [0.2, 0.25) is 0 Å².